The van der Waals surface area contributed by atoms with Crippen LogP contribution < -0.4 is 23.7 Å². The molecule has 0 N–H and O–H groups in total. The Morgan fingerprint density at radius 1 is 1.03 bits per heavy atom. The molecule has 3 aromatic carbocycles. The molecule has 0 fully saturated rings. The fourth-order valence-electron chi connectivity index (χ4n) is 5.62. The summed E-state index contributed by atoms with van der Waals surface area (Å²) in [5.41, 5.74) is 5.42. The Balaban J connectivity index is 1.21. The molecule has 1 aromatic heterocycles. The second-order valence-corrected chi connectivity index (χ2v) is 10.0. The Labute approximate surface area is 225 Å². The molecule has 3 aliphatic rings. The number of rotatable bonds is 5. The minimum atomic E-state index is -0.113. The molecule has 4 aromatic rings. The van der Waals surface area contributed by atoms with E-state index >= 15 is 0 Å². The summed E-state index contributed by atoms with van der Waals surface area (Å²) in [6.07, 6.45) is 3.89. The Hall–Kier alpha value is -4.43. The molecule has 8 heteroatoms. The number of carbonyl (C=O) groups excluding carboxylic acids is 1. The van der Waals surface area contributed by atoms with Crippen LogP contribution in [0.3, 0.4) is 0 Å². The van der Waals surface area contributed by atoms with E-state index in [2.05, 4.69) is 22.6 Å². The van der Waals surface area contributed by atoms with Crippen LogP contribution in [0.4, 0.5) is 0 Å². The smallest absolute Gasteiger partial charge is 0.232 e. The van der Waals surface area contributed by atoms with Crippen LogP contribution in [-0.2, 0) is 19.6 Å². The van der Waals surface area contributed by atoms with Gasteiger partial charge in [0.15, 0.2) is 17.3 Å². The van der Waals surface area contributed by atoms with Crippen LogP contribution in [0.2, 0.25) is 0 Å². The molecule has 4 heterocycles. The standard InChI is InChI=1S/C31H28N2O6/c1-4-33-14-20(22-12-21(35-3)6-7-24(22)33)11-28-30(34)29-18(2)9-26-23(31(29)39-28)15-32(16-36-26)13-19-5-8-25-27(10-19)38-17-37-25/h5-12,14H,4,13,15-17H2,1-3H3/b28-11-. The van der Waals surface area contributed by atoms with Gasteiger partial charge in [0.05, 0.1) is 18.2 Å². The first-order valence-corrected chi connectivity index (χ1v) is 13.0. The fraction of sp³-hybridized carbons (Fsp3) is 0.258. The Morgan fingerprint density at radius 3 is 2.74 bits per heavy atom. The maximum atomic E-state index is 13.6. The molecule has 3 aliphatic heterocycles. The molecule has 0 unspecified atom stereocenters. The lowest BCUT2D eigenvalue weighted by molar-refractivity contribution is 0.0871. The third kappa shape index (κ3) is 3.90. The van der Waals surface area contributed by atoms with Gasteiger partial charge in [0.1, 0.15) is 24.0 Å². The second-order valence-electron chi connectivity index (χ2n) is 10.0. The van der Waals surface area contributed by atoms with Crippen molar-refractivity contribution in [3.8, 4) is 28.7 Å². The maximum absolute atomic E-state index is 13.6. The molecule has 0 saturated heterocycles. The van der Waals surface area contributed by atoms with Gasteiger partial charge in [0.2, 0.25) is 12.6 Å². The third-order valence-corrected chi connectivity index (χ3v) is 7.58. The third-order valence-electron chi connectivity index (χ3n) is 7.58. The van der Waals surface area contributed by atoms with Gasteiger partial charge in [-0.3, -0.25) is 9.69 Å². The van der Waals surface area contributed by atoms with Crippen molar-refractivity contribution in [2.75, 3.05) is 20.6 Å². The highest BCUT2D eigenvalue weighted by atomic mass is 16.7. The number of fused-ring (bicyclic) bond motifs is 5. The zero-order chi connectivity index (χ0) is 26.7. The van der Waals surface area contributed by atoms with Gasteiger partial charge in [-0.05, 0) is 67.4 Å². The normalized spacial score (nSPS) is 16.8. The number of hydrogen-bond donors (Lipinski definition) is 0. The average Bonchev–Trinajstić information content (AvgIpc) is 3.65. The summed E-state index contributed by atoms with van der Waals surface area (Å²) in [7, 11) is 1.65. The first kappa shape index (κ1) is 23.7. The average molecular weight is 525 g/mol. The zero-order valence-electron chi connectivity index (χ0n) is 22.1. The monoisotopic (exact) mass is 524 g/mol. The van der Waals surface area contributed by atoms with Gasteiger partial charge in [-0.15, -0.1) is 0 Å². The van der Waals surface area contributed by atoms with Gasteiger partial charge >= 0.3 is 0 Å². The van der Waals surface area contributed by atoms with Crippen LogP contribution in [0.25, 0.3) is 17.0 Å². The molecule has 8 nitrogen and oxygen atoms in total. The van der Waals surface area contributed by atoms with E-state index in [4.69, 9.17) is 23.7 Å². The van der Waals surface area contributed by atoms with E-state index in [9.17, 15) is 4.79 Å². The Bertz CT molecular complexity index is 1680. The van der Waals surface area contributed by atoms with Gasteiger partial charge in [0.25, 0.3) is 0 Å². The number of carbonyl (C=O) groups is 1. The van der Waals surface area contributed by atoms with E-state index in [-0.39, 0.29) is 12.6 Å². The highest BCUT2D eigenvalue weighted by Gasteiger charge is 2.35. The number of ketones is 1. The van der Waals surface area contributed by atoms with Gasteiger partial charge in [0, 0.05) is 42.3 Å². The summed E-state index contributed by atoms with van der Waals surface area (Å²) in [5, 5.41) is 1.01. The van der Waals surface area contributed by atoms with Crippen LogP contribution in [0, 0.1) is 6.92 Å². The molecule has 0 radical (unpaired) electrons. The Kier molecular flexibility index (Phi) is 5.52. The summed E-state index contributed by atoms with van der Waals surface area (Å²) >= 11 is 0. The number of allylic oxidation sites excluding steroid dienone is 1. The first-order chi connectivity index (χ1) is 19.0. The van der Waals surface area contributed by atoms with E-state index in [1.807, 2.05) is 55.5 Å². The van der Waals surface area contributed by atoms with E-state index in [1.54, 1.807) is 7.11 Å². The lowest BCUT2D eigenvalue weighted by atomic mass is 9.98. The summed E-state index contributed by atoms with van der Waals surface area (Å²) in [5.74, 6) is 3.84. The van der Waals surface area contributed by atoms with E-state index < -0.39 is 0 Å². The van der Waals surface area contributed by atoms with E-state index in [0.29, 0.717) is 36.9 Å². The van der Waals surface area contributed by atoms with Crippen LogP contribution in [0.1, 0.15) is 39.5 Å². The minimum Gasteiger partial charge on any atom is -0.497 e. The van der Waals surface area contributed by atoms with Crippen LogP contribution in [-0.4, -0.2) is 35.9 Å². The summed E-state index contributed by atoms with van der Waals surface area (Å²) in [6.45, 7) is 6.78. The highest BCUT2D eigenvalue weighted by Crippen LogP contribution is 2.45. The number of hydrogen-bond acceptors (Lipinski definition) is 7. The van der Waals surface area contributed by atoms with E-state index in [1.165, 1.54) is 0 Å². The summed E-state index contributed by atoms with van der Waals surface area (Å²) in [6, 6.07) is 13.9. The van der Waals surface area contributed by atoms with Crippen molar-refractivity contribution in [3.05, 3.63) is 82.2 Å². The van der Waals surface area contributed by atoms with Crippen molar-refractivity contribution >= 4 is 22.8 Å². The molecule has 0 atom stereocenters. The molecular weight excluding hydrogens is 496 g/mol. The van der Waals surface area contributed by atoms with E-state index in [0.717, 1.165) is 62.7 Å². The van der Waals surface area contributed by atoms with Crippen molar-refractivity contribution < 1.29 is 28.5 Å². The van der Waals surface area contributed by atoms with Crippen molar-refractivity contribution in [1.29, 1.82) is 0 Å². The number of nitrogens with zero attached hydrogens (tertiary/aromatic N) is 2. The fourth-order valence-corrected chi connectivity index (χ4v) is 5.62. The zero-order valence-corrected chi connectivity index (χ0v) is 22.1. The van der Waals surface area contributed by atoms with Gasteiger partial charge in [-0.25, -0.2) is 0 Å². The molecule has 0 aliphatic carbocycles. The first-order valence-electron chi connectivity index (χ1n) is 13.0. The van der Waals surface area contributed by atoms with Gasteiger partial charge in [-0.2, -0.15) is 0 Å². The summed E-state index contributed by atoms with van der Waals surface area (Å²) in [4.78, 5) is 15.8. The number of Topliss-reactive ketones (excluding diaryl/α,β-unsaturated/α-hetero) is 1. The lowest BCUT2D eigenvalue weighted by Gasteiger charge is -2.30. The van der Waals surface area contributed by atoms with Crippen molar-refractivity contribution in [3.63, 3.8) is 0 Å². The highest BCUT2D eigenvalue weighted by molar-refractivity contribution is 6.16. The SMILES string of the molecule is CCn1cc(/C=C2\Oc3c4c(cc(C)c3C2=O)OCN(Cc2ccc3c(c2)OCO3)C4)c2cc(OC)ccc21. The van der Waals surface area contributed by atoms with Gasteiger partial charge < -0.3 is 28.3 Å². The van der Waals surface area contributed by atoms with Crippen molar-refractivity contribution in [1.82, 2.24) is 9.47 Å². The van der Waals surface area contributed by atoms with Crippen molar-refractivity contribution in [2.45, 2.75) is 33.5 Å². The van der Waals surface area contributed by atoms with Crippen LogP contribution in [0.5, 0.6) is 28.7 Å². The number of methoxy groups -OCH3 is 1. The molecule has 198 valence electrons. The predicted molar refractivity (Wildman–Crippen MR) is 146 cm³/mol. The minimum absolute atomic E-state index is 0.113. The molecule has 0 spiro atoms. The predicted octanol–water partition coefficient (Wildman–Crippen LogP) is 5.68. The van der Waals surface area contributed by atoms with Crippen LogP contribution in [0.15, 0.2) is 54.4 Å². The number of aryl methyl sites for hydroxylation is 2. The molecule has 0 saturated carbocycles. The maximum Gasteiger partial charge on any atom is 0.232 e. The number of benzene rings is 3. The second kappa shape index (κ2) is 9.10. The molecule has 39 heavy (non-hydrogen) atoms. The molecule has 0 amide bonds. The topological polar surface area (TPSA) is 71.4 Å². The molecule has 0 bridgehead atoms. The largest absolute Gasteiger partial charge is 0.497 e. The number of ether oxygens (including phenoxy) is 5. The van der Waals surface area contributed by atoms with Gasteiger partial charge in [-0.1, -0.05) is 6.07 Å². The summed E-state index contributed by atoms with van der Waals surface area (Å²) < 4.78 is 31.1. The number of aromatic nitrogens is 1. The lowest BCUT2D eigenvalue weighted by Crippen LogP contribution is -2.31. The molecular formula is C31H28N2O6. The molecule has 7 rings (SSSR count). The Morgan fingerprint density at radius 2 is 1.90 bits per heavy atom. The quantitative estimate of drug-likeness (QED) is 0.311. The van der Waals surface area contributed by atoms with Crippen LogP contribution >= 0.6 is 0 Å². The van der Waals surface area contributed by atoms with Crippen molar-refractivity contribution in [2.24, 2.45) is 0 Å².